The second-order valence-electron chi connectivity index (χ2n) is 9.19. The van der Waals surface area contributed by atoms with E-state index in [1.807, 2.05) is 25.1 Å². The lowest BCUT2D eigenvalue weighted by Gasteiger charge is -2.36. The maximum atomic E-state index is 11.9. The van der Waals surface area contributed by atoms with Crippen LogP contribution in [0.3, 0.4) is 0 Å². The van der Waals surface area contributed by atoms with E-state index >= 15 is 0 Å². The summed E-state index contributed by atoms with van der Waals surface area (Å²) in [6.07, 6.45) is 0.540. The van der Waals surface area contributed by atoms with E-state index in [9.17, 15) is 4.79 Å². The molecule has 3 aromatic rings. The number of aryl methyl sites for hydroxylation is 1. The Labute approximate surface area is 196 Å². The number of amides is 1. The maximum absolute atomic E-state index is 11.9. The molecule has 6 nitrogen and oxygen atoms in total. The summed E-state index contributed by atoms with van der Waals surface area (Å²) < 4.78 is 5.43. The van der Waals surface area contributed by atoms with E-state index in [0.717, 1.165) is 50.4 Å². The molecule has 1 aromatic heterocycles. The van der Waals surface area contributed by atoms with E-state index in [-0.39, 0.29) is 0 Å². The summed E-state index contributed by atoms with van der Waals surface area (Å²) in [6, 6.07) is 18.5. The van der Waals surface area contributed by atoms with Crippen molar-refractivity contribution in [1.82, 2.24) is 15.2 Å². The molecule has 1 fully saturated rings. The van der Waals surface area contributed by atoms with Crippen LogP contribution >= 0.6 is 0 Å². The summed E-state index contributed by atoms with van der Waals surface area (Å²) in [5, 5.41) is 4.01. The molecule has 1 aliphatic heterocycles. The fourth-order valence-corrected chi connectivity index (χ4v) is 4.21. The highest BCUT2D eigenvalue weighted by Crippen LogP contribution is 2.27. The van der Waals surface area contributed by atoms with Crippen molar-refractivity contribution in [2.75, 3.05) is 44.2 Å². The van der Waals surface area contributed by atoms with Gasteiger partial charge in [0.15, 0.2) is 0 Å². The van der Waals surface area contributed by atoms with Crippen molar-refractivity contribution in [2.45, 2.75) is 27.2 Å². The Kier molecular flexibility index (Phi) is 7.45. The third-order valence-electron chi connectivity index (χ3n) is 6.04. The molecule has 1 amide bonds. The molecule has 33 heavy (non-hydrogen) atoms. The van der Waals surface area contributed by atoms with E-state index in [0.29, 0.717) is 18.2 Å². The minimum absolute atomic E-state index is 0.393. The van der Waals surface area contributed by atoms with Crippen LogP contribution in [-0.4, -0.2) is 55.2 Å². The minimum Gasteiger partial charge on any atom is -0.410 e. The number of nitrogens with one attached hydrogen (secondary N) is 1. The van der Waals surface area contributed by atoms with Crippen molar-refractivity contribution in [3.63, 3.8) is 0 Å². The van der Waals surface area contributed by atoms with Gasteiger partial charge in [-0.15, -0.1) is 0 Å². The number of carbonyl (C=O) groups excluding carboxylic acids is 1. The van der Waals surface area contributed by atoms with E-state index in [1.165, 1.54) is 16.6 Å². The summed E-state index contributed by atoms with van der Waals surface area (Å²) in [7, 11) is 0. The Hall–Kier alpha value is -3.12. The average Bonchev–Trinajstić information content (AvgIpc) is 2.81. The van der Waals surface area contributed by atoms with E-state index < -0.39 is 6.09 Å². The first-order valence-electron chi connectivity index (χ1n) is 11.9. The van der Waals surface area contributed by atoms with Crippen LogP contribution in [-0.2, 0) is 6.42 Å². The van der Waals surface area contributed by atoms with Crippen LogP contribution in [0.25, 0.3) is 10.9 Å². The van der Waals surface area contributed by atoms with E-state index in [4.69, 9.17) is 4.74 Å². The quantitative estimate of drug-likeness (QED) is 0.572. The van der Waals surface area contributed by atoms with Gasteiger partial charge in [-0.25, -0.2) is 4.79 Å². The second-order valence-corrected chi connectivity index (χ2v) is 9.19. The second kappa shape index (κ2) is 10.7. The molecule has 0 spiro atoms. The van der Waals surface area contributed by atoms with Gasteiger partial charge in [-0.05, 0) is 61.2 Å². The molecule has 0 radical (unpaired) electrons. The number of benzene rings is 2. The van der Waals surface area contributed by atoms with Crippen molar-refractivity contribution >= 4 is 22.7 Å². The van der Waals surface area contributed by atoms with Crippen LogP contribution in [0.2, 0.25) is 0 Å². The maximum Gasteiger partial charge on any atom is 0.412 e. The zero-order valence-corrected chi connectivity index (χ0v) is 19.9. The molecule has 0 bridgehead atoms. The first-order chi connectivity index (χ1) is 16.0. The molecule has 2 aromatic carbocycles. The Morgan fingerprint density at radius 1 is 1.06 bits per heavy atom. The predicted molar refractivity (Wildman–Crippen MR) is 134 cm³/mol. The Bertz CT molecular complexity index is 1090. The van der Waals surface area contributed by atoms with Gasteiger partial charge in [0.05, 0.1) is 5.52 Å². The molecule has 0 unspecified atom stereocenters. The molecule has 1 aliphatic rings. The van der Waals surface area contributed by atoms with Gasteiger partial charge in [-0.3, -0.25) is 9.88 Å². The van der Waals surface area contributed by atoms with Crippen LogP contribution in [0.1, 0.15) is 25.1 Å². The number of rotatable bonds is 7. The number of hydrogen-bond acceptors (Lipinski definition) is 5. The van der Waals surface area contributed by atoms with Crippen LogP contribution in [0, 0.1) is 12.8 Å². The third-order valence-corrected chi connectivity index (χ3v) is 6.04. The Balaban J connectivity index is 1.28. The molecule has 1 saturated heterocycles. The molecular formula is C27H34N4O2. The number of fused-ring (bicyclic) bond motifs is 1. The number of aromatic nitrogens is 1. The topological polar surface area (TPSA) is 57.7 Å². The van der Waals surface area contributed by atoms with Gasteiger partial charge in [0.25, 0.3) is 0 Å². The van der Waals surface area contributed by atoms with Gasteiger partial charge < -0.3 is 15.0 Å². The first kappa shape index (κ1) is 23.1. The van der Waals surface area contributed by atoms with Crippen LogP contribution in [0.5, 0.6) is 5.75 Å². The molecule has 6 heteroatoms. The van der Waals surface area contributed by atoms with Gasteiger partial charge in [0.1, 0.15) is 5.75 Å². The Morgan fingerprint density at radius 2 is 1.85 bits per heavy atom. The number of hydrogen-bond donors (Lipinski definition) is 1. The van der Waals surface area contributed by atoms with Gasteiger partial charge in [-0.1, -0.05) is 32.0 Å². The van der Waals surface area contributed by atoms with Crippen LogP contribution in [0.15, 0.2) is 54.6 Å². The molecule has 4 rings (SSSR count). The van der Waals surface area contributed by atoms with Gasteiger partial charge in [0.2, 0.25) is 0 Å². The summed E-state index contributed by atoms with van der Waals surface area (Å²) in [4.78, 5) is 21.6. The first-order valence-corrected chi connectivity index (χ1v) is 11.9. The smallest absolute Gasteiger partial charge is 0.410 e. The zero-order chi connectivity index (χ0) is 23.2. The van der Waals surface area contributed by atoms with Crippen LogP contribution < -0.4 is 15.0 Å². The fourth-order valence-electron chi connectivity index (χ4n) is 4.21. The third kappa shape index (κ3) is 6.23. The lowest BCUT2D eigenvalue weighted by Crippen LogP contribution is -2.47. The van der Waals surface area contributed by atoms with Crippen LogP contribution in [0.4, 0.5) is 10.5 Å². The van der Waals surface area contributed by atoms with Gasteiger partial charge in [-0.2, -0.15) is 0 Å². The minimum atomic E-state index is -0.393. The number of carbonyl (C=O) groups is 1. The highest BCUT2D eigenvalue weighted by Gasteiger charge is 2.19. The van der Waals surface area contributed by atoms with E-state index in [1.54, 1.807) is 0 Å². The molecular weight excluding hydrogens is 412 g/mol. The highest BCUT2D eigenvalue weighted by molar-refractivity contribution is 5.92. The number of piperazine rings is 1. The summed E-state index contributed by atoms with van der Waals surface area (Å²) in [5.41, 5.74) is 4.58. The molecule has 1 N–H and O–H groups in total. The summed E-state index contributed by atoms with van der Waals surface area (Å²) in [5.74, 6) is 0.990. The van der Waals surface area contributed by atoms with Crippen molar-refractivity contribution in [3.8, 4) is 5.75 Å². The number of ether oxygens (including phenoxy) is 1. The number of anilines is 1. The molecule has 0 atom stereocenters. The van der Waals surface area contributed by atoms with E-state index in [2.05, 4.69) is 70.3 Å². The van der Waals surface area contributed by atoms with Gasteiger partial charge >= 0.3 is 6.09 Å². The Morgan fingerprint density at radius 3 is 2.64 bits per heavy atom. The van der Waals surface area contributed by atoms with Crippen molar-refractivity contribution in [2.24, 2.45) is 5.92 Å². The lowest BCUT2D eigenvalue weighted by molar-refractivity contribution is 0.199. The average molecular weight is 447 g/mol. The number of nitrogens with zero attached hydrogens (tertiary/aromatic N) is 3. The van der Waals surface area contributed by atoms with Crippen molar-refractivity contribution < 1.29 is 9.53 Å². The molecule has 0 aliphatic carbocycles. The fraction of sp³-hybridized carbons (Fsp3) is 0.407. The largest absolute Gasteiger partial charge is 0.412 e. The standard InChI is InChI=1S/C27H34N4O2/c1-20(2)19-28-27(32)33-23-7-4-6-22(18-23)12-13-30-14-16-31(17-15-30)26-9-5-8-25-24(26)11-10-21(3)29-25/h4-11,18,20H,12-17,19H2,1-3H3,(H,28,32). The lowest BCUT2D eigenvalue weighted by atomic mass is 10.1. The van der Waals surface area contributed by atoms with Crippen molar-refractivity contribution in [3.05, 3.63) is 65.9 Å². The molecule has 174 valence electrons. The van der Waals surface area contributed by atoms with Gasteiger partial charge in [0, 0.05) is 56.0 Å². The SMILES string of the molecule is Cc1ccc2c(N3CCN(CCc4cccc(OC(=O)NCC(C)C)c4)CC3)cccc2n1. The molecule has 0 saturated carbocycles. The summed E-state index contributed by atoms with van der Waals surface area (Å²) in [6.45, 7) is 11.8. The zero-order valence-electron chi connectivity index (χ0n) is 19.9. The summed E-state index contributed by atoms with van der Waals surface area (Å²) >= 11 is 0. The molecule has 2 heterocycles. The highest BCUT2D eigenvalue weighted by atomic mass is 16.6. The monoisotopic (exact) mass is 446 g/mol. The van der Waals surface area contributed by atoms with Crippen molar-refractivity contribution in [1.29, 1.82) is 0 Å². The predicted octanol–water partition coefficient (Wildman–Crippen LogP) is 4.65. The number of pyridine rings is 1. The normalized spacial score (nSPS) is 14.6.